The van der Waals surface area contributed by atoms with Crippen molar-refractivity contribution in [1.29, 1.82) is 0 Å². The lowest BCUT2D eigenvalue weighted by atomic mass is 10.1. The molecule has 1 fully saturated rings. The van der Waals surface area contributed by atoms with E-state index in [9.17, 15) is 9.59 Å². The number of anilines is 1. The predicted molar refractivity (Wildman–Crippen MR) is 79.6 cm³/mol. The topological polar surface area (TPSA) is 121 Å². The summed E-state index contributed by atoms with van der Waals surface area (Å²) in [4.78, 5) is 36.4. The summed E-state index contributed by atoms with van der Waals surface area (Å²) in [6.07, 6.45) is 3.40. The SMILES string of the molecule is COC(=O)c1cnc(SC)nc1N1CC(CN=[N+]=[N-])CC1=O. The summed E-state index contributed by atoms with van der Waals surface area (Å²) in [7, 11) is 1.25. The van der Waals surface area contributed by atoms with Crippen LogP contribution in [0.5, 0.6) is 0 Å². The van der Waals surface area contributed by atoms with Crippen molar-refractivity contribution in [3.63, 3.8) is 0 Å². The van der Waals surface area contributed by atoms with E-state index in [2.05, 4.69) is 20.0 Å². The highest BCUT2D eigenvalue weighted by Gasteiger charge is 2.34. The number of esters is 1. The highest BCUT2D eigenvalue weighted by atomic mass is 32.2. The smallest absolute Gasteiger partial charge is 0.343 e. The predicted octanol–water partition coefficient (Wildman–Crippen LogP) is 1.65. The first-order valence-electron chi connectivity index (χ1n) is 6.41. The Morgan fingerprint density at radius 2 is 2.45 bits per heavy atom. The Balaban J connectivity index is 2.35. The number of amides is 1. The van der Waals surface area contributed by atoms with Crippen molar-refractivity contribution in [3.8, 4) is 0 Å². The van der Waals surface area contributed by atoms with E-state index < -0.39 is 5.97 Å². The molecule has 0 N–H and O–H groups in total. The molecule has 0 spiro atoms. The quantitative estimate of drug-likeness (QED) is 0.203. The molecule has 0 aromatic carbocycles. The van der Waals surface area contributed by atoms with Crippen LogP contribution in [0, 0.1) is 5.92 Å². The molecule has 0 bridgehead atoms. The van der Waals surface area contributed by atoms with Crippen LogP contribution in [0.15, 0.2) is 16.5 Å². The number of hydrogen-bond acceptors (Lipinski definition) is 7. The highest BCUT2D eigenvalue weighted by Crippen LogP contribution is 2.28. The van der Waals surface area contributed by atoms with E-state index in [1.165, 1.54) is 30.0 Å². The normalized spacial score (nSPS) is 17.3. The van der Waals surface area contributed by atoms with Crippen molar-refractivity contribution in [1.82, 2.24) is 9.97 Å². The van der Waals surface area contributed by atoms with E-state index in [4.69, 9.17) is 10.3 Å². The number of methoxy groups -OCH3 is 1. The fraction of sp³-hybridized carbons (Fsp3) is 0.500. The van der Waals surface area contributed by atoms with Crippen LogP contribution in [-0.4, -0.2) is 48.3 Å². The standard InChI is InChI=1S/C12H14N6O3S/c1-21-11(20)8-5-14-12(22-2)16-10(8)18-6-7(3-9(18)19)4-15-17-13/h5,7H,3-4,6H2,1-2H3. The second-order valence-corrected chi connectivity index (χ2v) is 5.35. The fourth-order valence-corrected chi connectivity index (χ4v) is 2.51. The molecule has 1 saturated heterocycles. The molecular weight excluding hydrogens is 308 g/mol. The van der Waals surface area contributed by atoms with Gasteiger partial charge >= 0.3 is 5.97 Å². The second-order valence-electron chi connectivity index (χ2n) is 4.57. The maximum Gasteiger partial charge on any atom is 0.343 e. The zero-order chi connectivity index (χ0) is 16.1. The minimum atomic E-state index is -0.603. The van der Waals surface area contributed by atoms with Gasteiger partial charge in [0, 0.05) is 30.6 Å². The van der Waals surface area contributed by atoms with Crippen LogP contribution in [0.1, 0.15) is 16.8 Å². The Morgan fingerprint density at radius 1 is 1.68 bits per heavy atom. The van der Waals surface area contributed by atoms with Gasteiger partial charge in [0.25, 0.3) is 0 Å². The van der Waals surface area contributed by atoms with Gasteiger partial charge in [-0.15, -0.1) is 0 Å². The third-order valence-electron chi connectivity index (χ3n) is 3.20. The molecule has 1 aliphatic heterocycles. The van der Waals surface area contributed by atoms with Gasteiger partial charge in [-0.25, -0.2) is 14.8 Å². The number of nitrogens with zero attached hydrogens (tertiary/aromatic N) is 6. The summed E-state index contributed by atoms with van der Waals surface area (Å²) < 4.78 is 4.71. The summed E-state index contributed by atoms with van der Waals surface area (Å²) in [6, 6.07) is 0. The number of carbonyl (C=O) groups excluding carboxylic acids is 2. The third kappa shape index (κ3) is 3.29. The third-order valence-corrected chi connectivity index (χ3v) is 3.76. The number of aromatic nitrogens is 2. The Morgan fingerprint density at radius 3 is 3.09 bits per heavy atom. The van der Waals surface area contributed by atoms with Gasteiger partial charge in [0.05, 0.1) is 7.11 Å². The lowest BCUT2D eigenvalue weighted by Crippen LogP contribution is -2.28. The summed E-state index contributed by atoms with van der Waals surface area (Å²) in [5.41, 5.74) is 8.50. The number of ether oxygens (including phenoxy) is 1. The lowest BCUT2D eigenvalue weighted by molar-refractivity contribution is -0.117. The van der Waals surface area contributed by atoms with Gasteiger partial charge in [-0.2, -0.15) is 0 Å². The Kier molecular flexibility index (Phi) is 5.18. The van der Waals surface area contributed by atoms with Gasteiger partial charge in [0.1, 0.15) is 5.56 Å². The van der Waals surface area contributed by atoms with Gasteiger partial charge in [-0.1, -0.05) is 16.9 Å². The molecule has 1 aliphatic rings. The van der Waals surface area contributed by atoms with Crippen molar-refractivity contribution in [2.45, 2.75) is 11.6 Å². The van der Waals surface area contributed by atoms with Crippen LogP contribution < -0.4 is 4.90 Å². The van der Waals surface area contributed by atoms with E-state index >= 15 is 0 Å². The monoisotopic (exact) mass is 322 g/mol. The van der Waals surface area contributed by atoms with Crippen LogP contribution in [0.2, 0.25) is 0 Å². The Labute approximate surface area is 130 Å². The van der Waals surface area contributed by atoms with E-state index in [1.54, 1.807) is 6.26 Å². The van der Waals surface area contributed by atoms with Crippen molar-refractivity contribution in [2.24, 2.45) is 11.0 Å². The lowest BCUT2D eigenvalue weighted by Gasteiger charge is -2.18. The largest absolute Gasteiger partial charge is 0.465 e. The zero-order valence-corrected chi connectivity index (χ0v) is 12.9. The molecular formula is C12H14N6O3S. The van der Waals surface area contributed by atoms with E-state index in [1.807, 2.05) is 0 Å². The first-order valence-corrected chi connectivity index (χ1v) is 7.63. The second kappa shape index (κ2) is 7.10. The van der Waals surface area contributed by atoms with E-state index in [0.717, 1.165) is 0 Å². The highest BCUT2D eigenvalue weighted by molar-refractivity contribution is 7.98. The maximum absolute atomic E-state index is 12.2. The number of carbonyl (C=O) groups is 2. The van der Waals surface area contributed by atoms with Crippen molar-refractivity contribution < 1.29 is 14.3 Å². The Hall–Kier alpha value is -2.32. The summed E-state index contributed by atoms with van der Waals surface area (Å²) in [5, 5.41) is 3.95. The minimum absolute atomic E-state index is 0.0957. The molecule has 1 unspecified atom stereocenters. The molecule has 1 amide bonds. The van der Waals surface area contributed by atoms with Gasteiger partial charge in [-0.05, 0) is 17.7 Å². The van der Waals surface area contributed by atoms with Crippen molar-refractivity contribution in [3.05, 3.63) is 22.2 Å². The van der Waals surface area contributed by atoms with Gasteiger partial charge < -0.3 is 4.74 Å². The van der Waals surface area contributed by atoms with Crippen LogP contribution in [0.3, 0.4) is 0 Å². The van der Waals surface area contributed by atoms with E-state index in [0.29, 0.717) is 11.7 Å². The number of thioether (sulfide) groups is 1. The average Bonchev–Trinajstić information content (AvgIpc) is 2.92. The average molecular weight is 322 g/mol. The molecule has 0 aliphatic carbocycles. The molecule has 22 heavy (non-hydrogen) atoms. The summed E-state index contributed by atoms with van der Waals surface area (Å²) in [6.45, 7) is 0.569. The summed E-state index contributed by atoms with van der Waals surface area (Å²) in [5.74, 6) is -0.635. The molecule has 2 rings (SSSR count). The van der Waals surface area contributed by atoms with Crippen LogP contribution >= 0.6 is 11.8 Å². The molecule has 0 saturated carbocycles. The molecule has 2 heterocycles. The first-order chi connectivity index (χ1) is 10.6. The van der Waals surface area contributed by atoms with Crippen molar-refractivity contribution >= 4 is 29.5 Å². The van der Waals surface area contributed by atoms with E-state index in [-0.39, 0.29) is 36.2 Å². The van der Waals surface area contributed by atoms with Gasteiger partial charge in [0.2, 0.25) is 5.91 Å². The number of azide groups is 1. The van der Waals surface area contributed by atoms with Crippen LogP contribution in [0.25, 0.3) is 10.4 Å². The first kappa shape index (κ1) is 16.1. The Bertz CT molecular complexity index is 646. The molecule has 1 aromatic heterocycles. The van der Waals surface area contributed by atoms with Gasteiger partial charge in [-0.3, -0.25) is 9.69 Å². The molecule has 0 radical (unpaired) electrons. The number of rotatable bonds is 5. The number of hydrogen-bond donors (Lipinski definition) is 0. The molecule has 1 aromatic rings. The molecule has 1 atom stereocenters. The molecule has 116 valence electrons. The molecule has 10 heteroatoms. The summed E-state index contributed by atoms with van der Waals surface area (Å²) >= 11 is 1.31. The zero-order valence-electron chi connectivity index (χ0n) is 12.1. The maximum atomic E-state index is 12.2. The van der Waals surface area contributed by atoms with Gasteiger partial charge in [0.15, 0.2) is 11.0 Å². The van der Waals surface area contributed by atoms with Crippen molar-refractivity contribution in [2.75, 3.05) is 31.4 Å². The van der Waals surface area contributed by atoms with Crippen LogP contribution in [-0.2, 0) is 9.53 Å². The van der Waals surface area contributed by atoms with Crippen LogP contribution in [0.4, 0.5) is 5.82 Å². The molecule has 9 nitrogen and oxygen atoms in total. The fourth-order valence-electron chi connectivity index (χ4n) is 2.18. The minimum Gasteiger partial charge on any atom is -0.465 e.